The number of rotatable bonds is 3. The third-order valence-electron chi connectivity index (χ3n) is 9.41. The van der Waals surface area contributed by atoms with Crippen LogP contribution >= 0.6 is 0 Å². The van der Waals surface area contributed by atoms with Crippen molar-refractivity contribution in [2.75, 3.05) is 0 Å². The summed E-state index contributed by atoms with van der Waals surface area (Å²) in [5.74, 6) is 0.812. The van der Waals surface area contributed by atoms with Crippen molar-refractivity contribution in [1.82, 2.24) is 18.9 Å². The van der Waals surface area contributed by atoms with Gasteiger partial charge in [0.05, 0.1) is 33.3 Å². The maximum Gasteiger partial charge on any atom is 0.156 e. The fourth-order valence-electron chi connectivity index (χ4n) is 7.47. The first-order valence-corrected chi connectivity index (χ1v) is 15.2. The molecule has 0 bridgehead atoms. The lowest BCUT2D eigenvalue weighted by Gasteiger charge is -2.18. The zero-order valence-corrected chi connectivity index (χ0v) is 23.9. The van der Waals surface area contributed by atoms with Gasteiger partial charge in [-0.3, -0.25) is 0 Å². The summed E-state index contributed by atoms with van der Waals surface area (Å²) in [4.78, 5) is 10.2. The largest absolute Gasteiger partial charge is 0.315 e. The Hall–Kier alpha value is -5.74. The summed E-state index contributed by atoms with van der Waals surface area (Å²) >= 11 is 0. The van der Waals surface area contributed by atoms with Crippen LogP contribution in [-0.2, 0) is 0 Å². The summed E-state index contributed by atoms with van der Waals surface area (Å²) in [6, 6.07) is 41.2. The number of allylic oxidation sites excluding steroid dienone is 4. The average molecular weight is 563 g/mol. The second-order valence-electron chi connectivity index (χ2n) is 11.8. The lowest BCUT2D eigenvalue weighted by molar-refractivity contribution is 0.973. The summed E-state index contributed by atoms with van der Waals surface area (Å²) in [6.45, 7) is 0. The number of aromatic nitrogens is 4. The van der Waals surface area contributed by atoms with Gasteiger partial charge in [0, 0.05) is 44.4 Å². The van der Waals surface area contributed by atoms with Crippen molar-refractivity contribution < 1.29 is 0 Å². The van der Waals surface area contributed by atoms with Crippen molar-refractivity contribution in [3.63, 3.8) is 0 Å². The molecular weight excluding hydrogens is 536 g/mol. The van der Waals surface area contributed by atoms with Crippen molar-refractivity contribution in [2.45, 2.75) is 12.8 Å². The number of hydrogen-bond donors (Lipinski definition) is 0. The van der Waals surface area contributed by atoms with Crippen molar-refractivity contribution in [2.24, 2.45) is 0 Å². The lowest BCUT2D eigenvalue weighted by atomic mass is 10.00. The highest BCUT2D eigenvalue weighted by Crippen LogP contribution is 2.43. The van der Waals surface area contributed by atoms with Gasteiger partial charge in [0.2, 0.25) is 0 Å². The molecule has 206 valence electrons. The van der Waals surface area contributed by atoms with E-state index in [-0.39, 0.29) is 0 Å². The van der Waals surface area contributed by atoms with E-state index in [0.29, 0.717) is 0 Å². The van der Waals surface area contributed by atoms with E-state index in [9.17, 15) is 0 Å². The highest BCUT2D eigenvalue weighted by atomic mass is 15.0. The molecule has 0 aliphatic heterocycles. The Morgan fingerprint density at radius 2 is 1.30 bits per heavy atom. The molecule has 0 amide bonds. The third-order valence-corrected chi connectivity index (χ3v) is 9.41. The molecule has 1 aliphatic carbocycles. The second kappa shape index (κ2) is 8.88. The maximum absolute atomic E-state index is 5.14. The van der Waals surface area contributed by atoms with E-state index < -0.39 is 0 Å². The first kappa shape index (κ1) is 23.8. The normalized spacial score (nSPS) is 14.0. The molecule has 0 fully saturated rings. The number of para-hydroxylation sites is 2. The molecule has 0 unspecified atom stereocenters. The topological polar surface area (TPSA) is 35.1 Å². The SMILES string of the molecule is C1=C(c2nc(-c3ccccc3)c3ccccc3n2)CCC(n2c3cccc4c5cccc6ccn(c7cccc2c7c43)c65)=C1. The Kier molecular flexibility index (Phi) is 4.80. The molecule has 44 heavy (non-hydrogen) atoms. The smallest absolute Gasteiger partial charge is 0.156 e. The molecule has 9 aromatic rings. The van der Waals surface area contributed by atoms with Crippen LogP contribution in [0.25, 0.3) is 82.4 Å². The van der Waals surface area contributed by atoms with E-state index in [0.717, 1.165) is 40.8 Å². The van der Waals surface area contributed by atoms with Crippen LogP contribution in [0.4, 0.5) is 0 Å². The minimum atomic E-state index is 0.812. The minimum Gasteiger partial charge on any atom is -0.315 e. The summed E-state index contributed by atoms with van der Waals surface area (Å²) in [5, 5.41) is 7.58. The summed E-state index contributed by atoms with van der Waals surface area (Å²) < 4.78 is 4.86. The van der Waals surface area contributed by atoms with Crippen LogP contribution in [-0.4, -0.2) is 18.9 Å². The Morgan fingerprint density at radius 3 is 2.18 bits per heavy atom. The molecule has 4 aromatic heterocycles. The molecule has 0 saturated heterocycles. The number of hydrogen-bond acceptors (Lipinski definition) is 2. The van der Waals surface area contributed by atoms with Crippen molar-refractivity contribution >= 4 is 71.2 Å². The van der Waals surface area contributed by atoms with Gasteiger partial charge in [-0.25, -0.2) is 9.97 Å². The lowest BCUT2D eigenvalue weighted by Crippen LogP contribution is -2.04. The molecule has 0 saturated carbocycles. The Labute approximate surface area is 253 Å². The van der Waals surface area contributed by atoms with Gasteiger partial charge in [-0.15, -0.1) is 0 Å². The predicted octanol–water partition coefficient (Wildman–Crippen LogP) is 10.1. The van der Waals surface area contributed by atoms with Gasteiger partial charge >= 0.3 is 0 Å². The molecule has 0 N–H and O–H groups in total. The number of benzene rings is 5. The maximum atomic E-state index is 5.14. The van der Waals surface area contributed by atoms with Crippen molar-refractivity contribution in [3.8, 4) is 11.3 Å². The van der Waals surface area contributed by atoms with Gasteiger partial charge < -0.3 is 8.97 Å². The van der Waals surface area contributed by atoms with Gasteiger partial charge in [-0.2, -0.15) is 0 Å². The number of fused-ring (bicyclic) bond motifs is 3. The van der Waals surface area contributed by atoms with Crippen LogP contribution < -0.4 is 0 Å². The van der Waals surface area contributed by atoms with Gasteiger partial charge in [0.15, 0.2) is 5.82 Å². The van der Waals surface area contributed by atoms with E-state index in [1.807, 2.05) is 6.07 Å². The molecule has 1 aliphatic rings. The zero-order chi connectivity index (χ0) is 28.8. The standard InChI is InChI=1S/C40H26N4/c1-2-9-25(10-3-1)38-31-12-4-5-15-32(31)41-40(42-38)27-19-21-28(22-20-27)44-34-17-7-13-29-30-14-6-11-26-23-24-43(39(26)30)33-16-8-18-35(44)37(33)36(29)34/h1-19,21,23-24H,20,22H2. The monoisotopic (exact) mass is 562 g/mol. The highest BCUT2D eigenvalue weighted by Gasteiger charge is 2.22. The second-order valence-corrected chi connectivity index (χ2v) is 11.8. The van der Waals surface area contributed by atoms with Gasteiger partial charge in [0.25, 0.3) is 0 Å². The van der Waals surface area contributed by atoms with Gasteiger partial charge in [0.1, 0.15) is 0 Å². The van der Waals surface area contributed by atoms with Crippen molar-refractivity contribution in [3.05, 3.63) is 139 Å². The molecule has 4 nitrogen and oxygen atoms in total. The van der Waals surface area contributed by atoms with E-state index in [4.69, 9.17) is 9.97 Å². The quantitative estimate of drug-likeness (QED) is 0.215. The summed E-state index contributed by atoms with van der Waals surface area (Å²) in [7, 11) is 0. The van der Waals surface area contributed by atoms with Gasteiger partial charge in [-0.05, 0) is 60.2 Å². The molecule has 10 rings (SSSR count). The van der Waals surface area contributed by atoms with Crippen LogP contribution in [0.5, 0.6) is 0 Å². The molecule has 4 heterocycles. The third kappa shape index (κ3) is 3.22. The van der Waals surface area contributed by atoms with Crippen LogP contribution in [0.3, 0.4) is 0 Å². The van der Waals surface area contributed by atoms with Gasteiger partial charge in [-0.1, -0.05) is 91.0 Å². The van der Waals surface area contributed by atoms with Crippen LogP contribution in [0.1, 0.15) is 18.7 Å². The van der Waals surface area contributed by atoms with E-state index >= 15 is 0 Å². The van der Waals surface area contributed by atoms with Crippen LogP contribution in [0.15, 0.2) is 134 Å². The average Bonchev–Trinajstić information content (AvgIpc) is 3.64. The van der Waals surface area contributed by atoms with E-state index in [1.54, 1.807) is 0 Å². The molecule has 5 aromatic carbocycles. The molecule has 0 spiro atoms. The Balaban J connectivity index is 1.19. The Morgan fingerprint density at radius 1 is 0.545 bits per heavy atom. The fourth-order valence-corrected chi connectivity index (χ4v) is 7.47. The van der Waals surface area contributed by atoms with Crippen molar-refractivity contribution in [1.29, 1.82) is 0 Å². The Bertz CT molecular complexity index is 2630. The fraction of sp³-hybridized carbons (Fsp3) is 0.0500. The summed E-state index contributed by atoms with van der Waals surface area (Å²) in [5.41, 5.74) is 10.6. The number of nitrogens with zero attached hydrogens (tertiary/aromatic N) is 4. The minimum absolute atomic E-state index is 0.812. The van der Waals surface area contributed by atoms with Crippen LogP contribution in [0.2, 0.25) is 0 Å². The zero-order valence-electron chi connectivity index (χ0n) is 23.9. The van der Waals surface area contributed by atoms with E-state index in [2.05, 4.69) is 137 Å². The summed E-state index contributed by atoms with van der Waals surface area (Å²) in [6.07, 6.45) is 8.52. The van der Waals surface area contributed by atoms with Crippen LogP contribution in [0, 0.1) is 0 Å². The van der Waals surface area contributed by atoms with E-state index in [1.165, 1.54) is 60.3 Å². The molecule has 0 atom stereocenters. The first-order chi connectivity index (χ1) is 21.8. The predicted molar refractivity (Wildman–Crippen MR) is 183 cm³/mol. The first-order valence-electron chi connectivity index (χ1n) is 15.2. The molecular formula is C40H26N4. The highest BCUT2D eigenvalue weighted by molar-refractivity contribution is 6.29. The molecule has 0 radical (unpaired) electrons. The molecule has 4 heteroatoms.